The standard InChI is InChI=1S/C54H37F2N3.C3H6/c55-41-26-30-45(31-27-41)57(46-32-28-42(56)29-33-46)48-22-13-23-49(37-48)58(43-17-6-2-7-18-43)47-21-12-16-39(34-47)40-35-51(38-14-4-1-5-15-38)54-50-24-10-11-25-52(50)59(53(54)36-40)44-19-8-3-9-20-44;1-3-2/h1-37H;3H,1H2,2H3. The summed E-state index contributed by atoms with van der Waals surface area (Å²) in [7, 11) is 0. The molecule has 0 saturated carbocycles. The van der Waals surface area contributed by atoms with Crippen LogP contribution in [-0.2, 0) is 0 Å². The van der Waals surface area contributed by atoms with Crippen molar-refractivity contribution in [3.8, 4) is 27.9 Å². The predicted octanol–water partition coefficient (Wildman–Crippen LogP) is 16.5. The van der Waals surface area contributed by atoms with E-state index in [1.165, 1.54) is 40.6 Å². The van der Waals surface area contributed by atoms with Crippen LogP contribution in [-0.4, -0.2) is 4.57 Å². The van der Waals surface area contributed by atoms with E-state index in [0.29, 0.717) is 0 Å². The van der Waals surface area contributed by atoms with Crippen LogP contribution >= 0.6 is 0 Å². The van der Waals surface area contributed by atoms with E-state index in [0.717, 1.165) is 67.5 Å². The maximum atomic E-state index is 14.2. The third-order valence-electron chi connectivity index (χ3n) is 10.8. The summed E-state index contributed by atoms with van der Waals surface area (Å²) in [6.45, 7) is 5.25. The fourth-order valence-electron chi connectivity index (χ4n) is 8.21. The number of para-hydroxylation sites is 3. The zero-order valence-electron chi connectivity index (χ0n) is 34.2. The van der Waals surface area contributed by atoms with E-state index >= 15 is 0 Å². The quantitative estimate of drug-likeness (QED) is 0.135. The second-order valence-electron chi connectivity index (χ2n) is 14.9. The second-order valence-corrected chi connectivity index (χ2v) is 14.9. The lowest BCUT2D eigenvalue weighted by Gasteiger charge is -2.29. The summed E-state index contributed by atoms with van der Waals surface area (Å²) in [5.74, 6) is -0.651. The van der Waals surface area contributed by atoms with E-state index in [2.05, 4.69) is 162 Å². The molecule has 300 valence electrons. The summed E-state index contributed by atoms with van der Waals surface area (Å²) in [5.41, 5.74) is 13.1. The van der Waals surface area contributed by atoms with Crippen LogP contribution in [0.2, 0.25) is 0 Å². The van der Waals surface area contributed by atoms with E-state index in [4.69, 9.17) is 0 Å². The van der Waals surface area contributed by atoms with Gasteiger partial charge in [0.25, 0.3) is 0 Å². The van der Waals surface area contributed by atoms with Crippen molar-refractivity contribution in [2.45, 2.75) is 6.92 Å². The Hall–Kier alpha value is -8.02. The third-order valence-corrected chi connectivity index (χ3v) is 10.8. The minimum Gasteiger partial charge on any atom is -0.310 e. The molecule has 0 aliphatic rings. The van der Waals surface area contributed by atoms with Crippen LogP contribution in [0.3, 0.4) is 0 Å². The van der Waals surface area contributed by atoms with Crippen molar-refractivity contribution in [1.82, 2.24) is 4.57 Å². The summed E-state index contributed by atoms with van der Waals surface area (Å²) < 4.78 is 30.7. The molecular formula is C57H43F2N3. The zero-order chi connectivity index (χ0) is 42.4. The van der Waals surface area contributed by atoms with Gasteiger partial charge < -0.3 is 14.4 Å². The van der Waals surface area contributed by atoms with E-state index in [9.17, 15) is 8.78 Å². The Morgan fingerprint density at radius 2 is 0.855 bits per heavy atom. The number of hydrogen-bond acceptors (Lipinski definition) is 2. The second kappa shape index (κ2) is 17.7. The molecule has 0 aliphatic carbocycles. The van der Waals surface area contributed by atoms with Gasteiger partial charge in [-0.3, -0.25) is 0 Å². The van der Waals surface area contributed by atoms with Gasteiger partial charge in [0.1, 0.15) is 11.6 Å². The highest BCUT2D eigenvalue weighted by Gasteiger charge is 2.21. The Labute approximate surface area is 361 Å². The first-order valence-electron chi connectivity index (χ1n) is 20.6. The molecule has 0 atom stereocenters. The van der Waals surface area contributed by atoms with Crippen molar-refractivity contribution in [3.05, 3.63) is 249 Å². The van der Waals surface area contributed by atoms with Crippen LogP contribution in [0.5, 0.6) is 0 Å². The summed E-state index contributed by atoms with van der Waals surface area (Å²) in [4.78, 5) is 4.26. The topological polar surface area (TPSA) is 11.4 Å². The number of allylic oxidation sites excluding steroid dienone is 1. The number of nitrogens with zero attached hydrogens (tertiary/aromatic N) is 3. The molecule has 10 aromatic rings. The number of rotatable bonds is 9. The normalized spacial score (nSPS) is 10.9. The molecule has 0 spiro atoms. The first-order valence-corrected chi connectivity index (χ1v) is 20.6. The number of fused-ring (bicyclic) bond motifs is 3. The molecule has 0 aliphatic heterocycles. The largest absolute Gasteiger partial charge is 0.310 e. The van der Waals surface area contributed by atoms with Gasteiger partial charge in [-0.2, -0.15) is 0 Å². The number of aromatic nitrogens is 1. The van der Waals surface area contributed by atoms with Crippen LogP contribution in [0.15, 0.2) is 237 Å². The van der Waals surface area contributed by atoms with Gasteiger partial charge in [0.15, 0.2) is 0 Å². The summed E-state index contributed by atoms with van der Waals surface area (Å²) in [5, 5.41) is 2.42. The molecule has 0 saturated heterocycles. The van der Waals surface area contributed by atoms with Gasteiger partial charge in [-0.15, -0.1) is 6.58 Å². The Balaban J connectivity index is 0.00000159. The number of hydrogen-bond donors (Lipinski definition) is 0. The van der Waals surface area contributed by atoms with Crippen LogP contribution in [0.1, 0.15) is 6.92 Å². The molecule has 10 rings (SSSR count). The van der Waals surface area contributed by atoms with Crippen LogP contribution in [0.25, 0.3) is 49.7 Å². The number of benzene rings is 9. The molecule has 5 heteroatoms. The van der Waals surface area contributed by atoms with E-state index in [1.54, 1.807) is 30.3 Å². The fourth-order valence-corrected chi connectivity index (χ4v) is 8.21. The van der Waals surface area contributed by atoms with Gasteiger partial charge in [0, 0.05) is 50.6 Å². The van der Waals surface area contributed by atoms with Crippen LogP contribution < -0.4 is 9.80 Å². The smallest absolute Gasteiger partial charge is 0.123 e. The maximum absolute atomic E-state index is 14.2. The Morgan fingerprint density at radius 1 is 0.403 bits per heavy atom. The molecule has 0 bridgehead atoms. The fraction of sp³-hybridized carbons (Fsp3) is 0.0175. The van der Waals surface area contributed by atoms with Gasteiger partial charge in [-0.25, -0.2) is 8.78 Å². The molecule has 0 radical (unpaired) electrons. The highest BCUT2D eigenvalue weighted by molar-refractivity contribution is 6.17. The van der Waals surface area contributed by atoms with E-state index in [1.807, 2.05) is 42.2 Å². The van der Waals surface area contributed by atoms with Crippen molar-refractivity contribution < 1.29 is 8.78 Å². The van der Waals surface area contributed by atoms with E-state index in [-0.39, 0.29) is 11.6 Å². The summed E-state index contributed by atoms with van der Waals surface area (Å²) in [6, 6.07) is 74.5. The summed E-state index contributed by atoms with van der Waals surface area (Å²) >= 11 is 0. The predicted molar refractivity (Wildman–Crippen MR) is 257 cm³/mol. The highest BCUT2D eigenvalue weighted by atomic mass is 19.1. The first-order chi connectivity index (χ1) is 30.5. The summed E-state index contributed by atoms with van der Waals surface area (Å²) in [6.07, 6.45) is 1.75. The van der Waals surface area contributed by atoms with Gasteiger partial charge in [-0.1, -0.05) is 109 Å². The number of anilines is 6. The Morgan fingerprint density at radius 3 is 1.47 bits per heavy atom. The Bertz CT molecular complexity index is 3060. The Kier molecular flexibility index (Phi) is 11.2. The van der Waals surface area contributed by atoms with Crippen molar-refractivity contribution in [2.24, 2.45) is 0 Å². The molecule has 1 aromatic heterocycles. The molecule has 62 heavy (non-hydrogen) atoms. The average molecular weight is 808 g/mol. The molecule has 0 fully saturated rings. The van der Waals surface area contributed by atoms with Gasteiger partial charge in [-0.05, 0) is 151 Å². The molecule has 3 nitrogen and oxygen atoms in total. The van der Waals surface area contributed by atoms with Gasteiger partial charge in [0.05, 0.1) is 11.0 Å². The lowest BCUT2D eigenvalue weighted by atomic mass is 9.94. The van der Waals surface area contributed by atoms with Crippen molar-refractivity contribution in [2.75, 3.05) is 9.80 Å². The minimum absolute atomic E-state index is 0.326. The molecule has 9 aromatic carbocycles. The monoisotopic (exact) mass is 807 g/mol. The molecular weight excluding hydrogens is 765 g/mol. The minimum atomic E-state index is -0.326. The first kappa shape index (κ1) is 39.4. The third kappa shape index (κ3) is 7.87. The zero-order valence-corrected chi connectivity index (χ0v) is 34.2. The highest BCUT2D eigenvalue weighted by Crippen LogP contribution is 2.44. The SMILES string of the molecule is C=CC.Fc1ccc(N(c2ccc(F)cc2)c2cccc(N(c3ccccc3)c3cccc(-c4cc(-c5ccccc5)c5c6ccccc6n(-c6ccccc6)c5c4)c3)c2)cc1. The lowest BCUT2D eigenvalue weighted by molar-refractivity contribution is 0.628. The van der Waals surface area contributed by atoms with Gasteiger partial charge >= 0.3 is 0 Å². The molecule has 0 N–H and O–H groups in total. The molecule has 0 amide bonds. The van der Waals surface area contributed by atoms with Crippen molar-refractivity contribution in [3.63, 3.8) is 0 Å². The average Bonchev–Trinajstić information content (AvgIpc) is 3.66. The van der Waals surface area contributed by atoms with Crippen molar-refractivity contribution in [1.29, 1.82) is 0 Å². The van der Waals surface area contributed by atoms with Crippen molar-refractivity contribution >= 4 is 55.9 Å². The molecule has 1 heterocycles. The van der Waals surface area contributed by atoms with Crippen LogP contribution in [0, 0.1) is 11.6 Å². The van der Waals surface area contributed by atoms with E-state index < -0.39 is 0 Å². The van der Waals surface area contributed by atoms with Crippen LogP contribution in [0.4, 0.5) is 42.9 Å². The van der Waals surface area contributed by atoms with Gasteiger partial charge in [0.2, 0.25) is 0 Å². The maximum Gasteiger partial charge on any atom is 0.123 e. The lowest BCUT2D eigenvalue weighted by Crippen LogP contribution is -2.13. The molecule has 0 unspecified atom stereocenters. The number of halogens is 2.